The fourth-order valence-corrected chi connectivity index (χ4v) is 4.46. The molecule has 2 N–H and O–H groups in total. The van der Waals surface area contributed by atoms with Gasteiger partial charge in [0.1, 0.15) is 11.7 Å². The Morgan fingerprint density at radius 2 is 1.97 bits per heavy atom. The second kappa shape index (κ2) is 7.93. The van der Waals surface area contributed by atoms with Crippen molar-refractivity contribution in [2.45, 2.75) is 58.0 Å². The zero-order chi connectivity index (χ0) is 21.4. The number of hydrogen-bond acceptors (Lipinski definition) is 6. The lowest BCUT2D eigenvalue weighted by molar-refractivity contribution is -0.119. The normalized spacial score (nSPS) is 19.6. The van der Waals surface area contributed by atoms with Crippen LogP contribution in [0.4, 0.5) is 23.1 Å². The van der Waals surface area contributed by atoms with E-state index in [1.807, 2.05) is 13.8 Å². The summed E-state index contributed by atoms with van der Waals surface area (Å²) in [6.45, 7) is 3.79. The Morgan fingerprint density at radius 1 is 1.23 bits per heavy atom. The summed E-state index contributed by atoms with van der Waals surface area (Å²) in [6.07, 6.45) is 7.37. The molecule has 0 bridgehead atoms. The number of anilines is 4. The van der Waals surface area contributed by atoms with Gasteiger partial charge in [0.15, 0.2) is 5.82 Å². The van der Waals surface area contributed by atoms with Crippen molar-refractivity contribution >= 4 is 35.0 Å². The molecule has 4 rings (SSSR count). The number of carboxylic acids is 1. The lowest BCUT2D eigenvalue weighted by Crippen LogP contribution is -2.55. The molecule has 1 aromatic heterocycles. The number of likely N-dealkylation sites (N-methyl/N-ethyl adjacent to an activating group) is 1. The Balaban J connectivity index is 1.69. The Kier molecular flexibility index (Phi) is 5.32. The Morgan fingerprint density at radius 3 is 2.63 bits per heavy atom. The van der Waals surface area contributed by atoms with Crippen molar-refractivity contribution in [1.29, 1.82) is 0 Å². The number of carboxylic acid groups (broad SMARTS) is 1. The van der Waals surface area contributed by atoms with Crippen molar-refractivity contribution in [3.8, 4) is 0 Å². The van der Waals surface area contributed by atoms with Gasteiger partial charge in [-0.05, 0) is 50.5 Å². The quantitative estimate of drug-likeness (QED) is 0.794. The number of aryl methyl sites for hydroxylation is 1. The molecule has 2 aliphatic rings. The van der Waals surface area contributed by atoms with Crippen LogP contribution in [-0.2, 0) is 4.79 Å². The molecule has 8 nitrogen and oxygen atoms in total. The van der Waals surface area contributed by atoms with Gasteiger partial charge in [0, 0.05) is 18.8 Å². The first kappa shape index (κ1) is 20.1. The van der Waals surface area contributed by atoms with Gasteiger partial charge in [-0.25, -0.2) is 9.78 Å². The minimum Gasteiger partial charge on any atom is -0.478 e. The van der Waals surface area contributed by atoms with Crippen LogP contribution in [0.2, 0.25) is 0 Å². The largest absolute Gasteiger partial charge is 0.478 e. The summed E-state index contributed by atoms with van der Waals surface area (Å²) in [6, 6.07) is 4.92. The smallest absolute Gasteiger partial charge is 0.335 e. The van der Waals surface area contributed by atoms with Gasteiger partial charge in [0.2, 0.25) is 11.9 Å². The summed E-state index contributed by atoms with van der Waals surface area (Å²) >= 11 is 0. The van der Waals surface area contributed by atoms with E-state index in [4.69, 9.17) is 10.1 Å². The highest BCUT2D eigenvalue weighted by Crippen LogP contribution is 2.38. The van der Waals surface area contributed by atoms with E-state index in [9.17, 15) is 9.59 Å². The van der Waals surface area contributed by atoms with Gasteiger partial charge in [0.25, 0.3) is 0 Å². The molecule has 8 heteroatoms. The van der Waals surface area contributed by atoms with Crippen LogP contribution in [0.5, 0.6) is 0 Å². The summed E-state index contributed by atoms with van der Waals surface area (Å²) in [7, 11) is 1.76. The highest BCUT2D eigenvalue weighted by molar-refractivity contribution is 6.04. The number of carbonyl (C=O) groups excluding carboxylic acids is 1. The van der Waals surface area contributed by atoms with Crippen molar-refractivity contribution in [2.24, 2.45) is 0 Å². The zero-order valence-corrected chi connectivity index (χ0v) is 17.6. The first-order valence-corrected chi connectivity index (χ1v) is 10.4. The molecule has 0 radical (unpaired) electrons. The van der Waals surface area contributed by atoms with E-state index in [-0.39, 0.29) is 17.5 Å². The van der Waals surface area contributed by atoms with Gasteiger partial charge >= 0.3 is 5.97 Å². The number of benzene rings is 1. The van der Waals surface area contributed by atoms with E-state index >= 15 is 0 Å². The lowest BCUT2D eigenvalue weighted by Gasteiger charge is -2.44. The van der Waals surface area contributed by atoms with Crippen molar-refractivity contribution in [3.63, 3.8) is 0 Å². The van der Waals surface area contributed by atoms with E-state index in [2.05, 4.69) is 15.2 Å². The number of nitrogens with one attached hydrogen (secondary N) is 1. The van der Waals surface area contributed by atoms with E-state index in [0.717, 1.165) is 29.9 Å². The zero-order valence-electron chi connectivity index (χ0n) is 17.6. The molecule has 0 unspecified atom stereocenters. The number of hydrogen-bond donors (Lipinski definition) is 2. The van der Waals surface area contributed by atoms with Crippen LogP contribution in [0.3, 0.4) is 0 Å². The molecule has 2 aromatic rings. The number of carbonyl (C=O) groups is 2. The molecule has 2 heterocycles. The van der Waals surface area contributed by atoms with Gasteiger partial charge < -0.3 is 20.2 Å². The predicted octanol–water partition coefficient (Wildman–Crippen LogP) is 3.73. The fraction of sp³-hybridized carbons (Fsp3) is 0.455. The van der Waals surface area contributed by atoms with Crippen molar-refractivity contribution in [1.82, 2.24) is 9.97 Å². The first-order chi connectivity index (χ1) is 14.4. The van der Waals surface area contributed by atoms with Gasteiger partial charge in [-0.3, -0.25) is 4.79 Å². The van der Waals surface area contributed by atoms with Crippen LogP contribution in [0.25, 0.3) is 0 Å². The number of amides is 1. The van der Waals surface area contributed by atoms with Gasteiger partial charge in [-0.1, -0.05) is 19.3 Å². The van der Waals surface area contributed by atoms with Crippen LogP contribution in [0, 0.1) is 6.92 Å². The summed E-state index contributed by atoms with van der Waals surface area (Å²) in [5.41, 5.74) is 2.49. The van der Waals surface area contributed by atoms with Gasteiger partial charge in [0.05, 0.1) is 11.8 Å². The van der Waals surface area contributed by atoms with Crippen LogP contribution in [0.15, 0.2) is 24.4 Å². The minimum absolute atomic E-state index is 0.0532. The molecule has 1 saturated carbocycles. The van der Waals surface area contributed by atoms with Crippen molar-refractivity contribution < 1.29 is 14.7 Å². The highest BCUT2D eigenvalue weighted by atomic mass is 16.4. The van der Waals surface area contributed by atoms with E-state index in [1.54, 1.807) is 36.3 Å². The topological polar surface area (TPSA) is 98.7 Å². The highest BCUT2D eigenvalue weighted by Gasteiger charge is 2.39. The molecule has 1 aliphatic heterocycles. The van der Waals surface area contributed by atoms with Crippen LogP contribution in [-0.4, -0.2) is 46.1 Å². The second-order valence-electron chi connectivity index (χ2n) is 8.13. The summed E-state index contributed by atoms with van der Waals surface area (Å²) in [5.74, 6) is 0.293. The molecule has 1 aliphatic carbocycles. The average molecular weight is 409 g/mol. The van der Waals surface area contributed by atoms with Crippen molar-refractivity contribution in [3.05, 3.63) is 35.5 Å². The molecular formula is C22H27N5O3. The molecule has 30 heavy (non-hydrogen) atoms. The Hall–Kier alpha value is -3.16. The van der Waals surface area contributed by atoms with Gasteiger partial charge in [-0.2, -0.15) is 4.98 Å². The molecule has 0 spiro atoms. The molecule has 1 aromatic carbocycles. The van der Waals surface area contributed by atoms with Crippen molar-refractivity contribution in [2.75, 3.05) is 22.2 Å². The third-order valence-electron chi connectivity index (χ3n) is 6.15. The number of aromatic nitrogens is 2. The maximum absolute atomic E-state index is 12.8. The molecule has 1 amide bonds. The molecule has 158 valence electrons. The number of rotatable bonds is 4. The number of aromatic carboxylic acids is 1. The second-order valence-corrected chi connectivity index (χ2v) is 8.13. The Bertz CT molecular complexity index is 987. The summed E-state index contributed by atoms with van der Waals surface area (Å²) in [5, 5.41) is 12.4. The van der Waals surface area contributed by atoms with E-state index in [0.29, 0.717) is 17.7 Å². The van der Waals surface area contributed by atoms with Crippen LogP contribution >= 0.6 is 0 Å². The number of fused-ring (bicyclic) bond motifs is 1. The predicted molar refractivity (Wildman–Crippen MR) is 116 cm³/mol. The molecular weight excluding hydrogens is 382 g/mol. The van der Waals surface area contributed by atoms with E-state index < -0.39 is 5.97 Å². The van der Waals surface area contributed by atoms with E-state index in [1.165, 1.54) is 19.3 Å². The molecule has 1 fully saturated rings. The maximum Gasteiger partial charge on any atom is 0.335 e. The number of nitrogens with zero attached hydrogens (tertiary/aromatic N) is 4. The maximum atomic E-state index is 12.8. The SMILES string of the molecule is Cc1cc(C(=O)O)ccc1Nc1ncc2c(n1)N(C1CCCCC1)[C@H](C)C(=O)N2C. The molecule has 1 atom stereocenters. The van der Waals surface area contributed by atoms with Crippen LogP contribution in [0.1, 0.15) is 54.9 Å². The fourth-order valence-electron chi connectivity index (χ4n) is 4.46. The van der Waals surface area contributed by atoms with Gasteiger partial charge in [-0.15, -0.1) is 0 Å². The third kappa shape index (κ3) is 3.58. The van der Waals surface area contributed by atoms with Crippen LogP contribution < -0.4 is 15.1 Å². The Labute approximate surface area is 175 Å². The third-order valence-corrected chi connectivity index (χ3v) is 6.15. The monoisotopic (exact) mass is 409 g/mol. The average Bonchev–Trinajstić information content (AvgIpc) is 2.74. The minimum atomic E-state index is -0.959. The molecule has 0 saturated heterocycles. The first-order valence-electron chi connectivity index (χ1n) is 10.4. The standard InChI is InChI=1S/C22H27N5O3/c1-13-11-15(21(29)30)9-10-17(13)24-22-23-12-18-19(25-22)27(14(2)20(28)26(18)3)16-7-5-4-6-8-16/h9-12,14,16H,4-8H2,1-3H3,(H,29,30)(H,23,24,25)/t14-/m1/s1. The lowest BCUT2D eigenvalue weighted by atomic mass is 9.92. The summed E-state index contributed by atoms with van der Waals surface area (Å²) in [4.78, 5) is 37.0. The summed E-state index contributed by atoms with van der Waals surface area (Å²) < 4.78 is 0.